The van der Waals surface area contributed by atoms with Crippen molar-refractivity contribution in [3.05, 3.63) is 48.0 Å². The maximum Gasteiger partial charge on any atom is 0.287 e. The number of halogens is 1. The largest absolute Gasteiger partial charge is 0.451 e. The maximum atomic E-state index is 12.9. The van der Waals surface area contributed by atoms with Gasteiger partial charge >= 0.3 is 0 Å². The molecule has 1 amide bonds. The maximum absolute atomic E-state index is 12.9. The van der Waals surface area contributed by atoms with Crippen LogP contribution < -0.4 is 5.32 Å². The number of hydrogen-bond acceptors (Lipinski definition) is 4. The summed E-state index contributed by atoms with van der Waals surface area (Å²) in [5.41, 5.74) is -0.126. The molecular formula is C16H16FNO4S. The normalized spacial score (nSPS) is 22.9. The van der Waals surface area contributed by atoms with Gasteiger partial charge in [-0.15, -0.1) is 0 Å². The van der Waals surface area contributed by atoms with Crippen LogP contribution >= 0.6 is 0 Å². The van der Waals surface area contributed by atoms with Crippen molar-refractivity contribution in [3.8, 4) is 11.3 Å². The van der Waals surface area contributed by atoms with E-state index >= 15 is 0 Å². The Bertz CT molecular complexity index is 841. The first kappa shape index (κ1) is 15.7. The highest BCUT2D eigenvalue weighted by atomic mass is 32.2. The van der Waals surface area contributed by atoms with E-state index in [0.29, 0.717) is 17.7 Å². The minimum atomic E-state index is -3.10. The van der Waals surface area contributed by atoms with Crippen LogP contribution in [0.1, 0.15) is 23.9 Å². The first-order chi connectivity index (χ1) is 10.8. The molecule has 1 aliphatic heterocycles. The Balaban J connectivity index is 1.75. The number of nitrogens with one attached hydrogen (secondary N) is 1. The molecule has 1 N–H and O–H groups in total. The number of sulfone groups is 1. The van der Waals surface area contributed by atoms with E-state index in [1.165, 1.54) is 18.2 Å². The summed E-state index contributed by atoms with van der Waals surface area (Å²) in [6.45, 7) is 1.71. The van der Waals surface area contributed by atoms with Crippen LogP contribution in [0.2, 0.25) is 0 Å². The Kier molecular flexibility index (Phi) is 3.75. The van der Waals surface area contributed by atoms with Crippen LogP contribution in [0.15, 0.2) is 40.8 Å². The second-order valence-electron chi connectivity index (χ2n) is 6.03. The lowest BCUT2D eigenvalue weighted by atomic mass is 10.0. The molecule has 1 saturated heterocycles. The number of rotatable bonds is 3. The zero-order chi connectivity index (χ0) is 16.7. The van der Waals surface area contributed by atoms with Gasteiger partial charge in [0.15, 0.2) is 15.6 Å². The molecule has 2 aromatic rings. The third-order valence-electron chi connectivity index (χ3n) is 3.88. The van der Waals surface area contributed by atoms with E-state index in [-0.39, 0.29) is 23.1 Å². The fourth-order valence-corrected chi connectivity index (χ4v) is 4.77. The lowest BCUT2D eigenvalue weighted by Gasteiger charge is -2.23. The van der Waals surface area contributed by atoms with Gasteiger partial charge in [0.25, 0.3) is 5.91 Å². The molecule has 3 rings (SSSR count). The van der Waals surface area contributed by atoms with Gasteiger partial charge in [-0.3, -0.25) is 4.79 Å². The van der Waals surface area contributed by atoms with Crippen LogP contribution in [-0.4, -0.2) is 31.4 Å². The molecule has 0 radical (unpaired) electrons. The fourth-order valence-electron chi connectivity index (χ4n) is 2.67. The van der Waals surface area contributed by atoms with E-state index in [4.69, 9.17) is 4.42 Å². The van der Waals surface area contributed by atoms with Crippen LogP contribution in [0.3, 0.4) is 0 Å². The molecule has 0 unspecified atom stereocenters. The van der Waals surface area contributed by atoms with E-state index in [2.05, 4.69) is 5.32 Å². The van der Waals surface area contributed by atoms with Crippen LogP contribution in [0.25, 0.3) is 11.3 Å². The SMILES string of the molecule is C[C@@]1(NC(=O)c2ccc(-c3ccc(F)cc3)o2)CCS(=O)(=O)C1. The van der Waals surface area contributed by atoms with Crippen LogP contribution in [0.4, 0.5) is 4.39 Å². The van der Waals surface area contributed by atoms with Gasteiger partial charge in [0.2, 0.25) is 0 Å². The number of amides is 1. The Labute approximate surface area is 133 Å². The number of benzene rings is 1. The Morgan fingerprint density at radius 2 is 1.91 bits per heavy atom. The van der Waals surface area contributed by atoms with Crippen LogP contribution in [0, 0.1) is 5.82 Å². The third-order valence-corrected chi connectivity index (χ3v) is 5.78. The minimum Gasteiger partial charge on any atom is -0.451 e. The molecule has 1 aromatic heterocycles. The summed E-state index contributed by atoms with van der Waals surface area (Å²) in [4.78, 5) is 12.3. The van der Waals surface area contributed by atoms with Gasteiger partial charge in [0.05, 0.1) is 17.0 Å². The lowest BCUT2D eigenvalue weighted by Crippen LogP contribution is -2.46. The molecule has 0 spiro atoms. The van der Waals surface area contributed by atoms with E-state index in [1.54, 1.807) is 25.1 Å². The molecule has 23 heavy (non-hydrogen) atoms. The standard InChI is InChI=1S/C16H16FNO4S/c1-16(8-9-23(20,21)10-16)18-15(19)14-7-6-13(22-14)11-2-4-12(17)5-3-11/h2-7H,8-10H2,1H3,(H,18,19)/t16-/m1/s1. The summed E-state index contributed by atoms with van der Waals surface area (Å²) in [6, 6.07) is 8.86. The molecule has 5 nitrogen and oxygen atoms in total. The van der Waals surface area contributed by atoms with Gasteiger partial charge in [-0.1, -0.05) is 0 Å². The monoisotopic (exact) mass is 337 g/mol. The Hall–Kier alpha value is -2.15. The average molecular weight is 337 g/mol. The van der Waals surface area contributed by atoms with Crippen molar-refractivity contribution in [2.24, 2.45) is 0 Å². The predicted octanol–water partition coefficient (Wildman–Crippen LogP) is 2.39. The molecule has 0 bridgehead atoms. The van der Waals surface area contributed by atoms with Crippen molar-refractivity contribution in [2.45, 2.75) is 18.9 Å². The quantitative estimate of drug-likeness (QED) is 0.933. The van der Waals surface area contributed by atoms with Gasteiger partial charge in [0.1, 0.15) is 11.6 Å². The smallest absolute Gasteiger partial charge is 0.287 e. The number of furan rings is 1. The van der Waals surface area contributed by atoms with Crippen molar-refractivity contribution in [3.63, 3.8) is 0 Å². The molecule has 1 aromatic carbocycles. The highest BCUT2D eigenvalue weighted by Crippen LogP contribution is 2.25. The van der Waals surface area contributed by atoms with Gasteiger partial charge in [-0.2, -0.15) is 0 Å². The van der Waals surface area contributed by atoms with Crippen molar-refractivity contribution in [1.29, 1.82) is 0 Å². The zero-order valence-electron chi connectivity index (χ0n) is 12.5. The molecule has 1 aliphatic rings. The van der Waals surface area contributed by atoms with Gasteiger partial charge in [-0.05, 0) is 49.7 Å². The highest BCUT2D eigenvalue weighted by Gasteiger charge is 2.39. The van der Waals surface area contributed by atoms with Crippen molar-refractivity contribution >= 4 is 15.7 Å². The summed E-state index contributed by atoms with van der Waals surface area (Å²) in [6.07, 6.45) is 0.382. The van der Waals surface area contributed by atoms with E-state index < -0.39 is 21.3 Å². The summed E-state index contributed by atoms with van der Waals surface area (Å²) in [7, 11) is -3.10. The third kappa shape index (κ3) is 3.44. The van der Waals surface area contributed by atoms with Gasteiger partial charge < -0.3 is 9.73 Å². The van der Waals surface area contributed by atoms with E-state index in [1.807, 2.05) is 0 Å². The first-order valence-corrected chi connectivity index (χ1v) is 8.97. The second kappa shape index (κ2) is 5.49. The highest BCUT2D eigenvalue weighted by molar-refractivity contribution is 7.91. The number of carbonyl (C=O) groups is 1. The van der Waals surface area contributed by atoms with Crippen molar-refractivity contribution in [1.82, 2.24) is 5.32 Å². The van der Waals surface area contributed by atoms with Crippen molar-refractivity contribution < 1.29 is 22.0 Å². The van der Waals surface area contributed by atoms with Gasteiger partial charge in [-0.25, -0.2) is 12.8 Å². The zero-order valence-corrected chi connectivity index (χ0v) is 13.3. The molecular weight excluding hydrogens is 321 g/mol. The van der Waals surface area contributed by atoms with Crippen molar-refractivity contribution in [2.75, 3.05) is 11.5 Å². The molecule has 0 saturated carbocycles. The number of carbonyl (C=O) groups excluding carboxylic acids is 1. The molecule has 122 valence electrons. The average Bonchev–Trinajstić information content (AvgIpc) is 3.05. The Morgan fingerprint density at radius 1 is 1.22 bits per heavy atom. The molecule has 7 heteroatoms. The molecule has 0 aliphatic carbocycles. The number of hydrogen-bond donors (Lipinski definition) is 1. The van der Waals surface area contributed by atoms with Crippen LogP contribution in [-0.2, 0) is 9.84 Å². The fraction of sp³-hybridized carbons (Fsp3) is 0.312. The summed E-state index contributed by atoms with van der Waals surface area (Å²) in [5.74, 6) is -0.277. The lowest BCUT2D eigenvalue weighted by molar-refractivity contribution is 0.0887. The first-order valence-electron chi connectivity index (χ1n) is 7.15. The minimum absolute atomic E-state index is 0.0722. The van der Waals surface area contributed by atoms with Crippen LogP contribution in [0.5, 0.6) is 0 Å². The predicted molar refractivity (Wildman–Crippen MR) is 83.2 cm³/mol. The summed E-state index contributed by atoms with van der Waals surface area (Å²) >= 11 is 0. The summed E-state index contributed by atoms with van der Waals surface area (Å²) < 4.78 is 41.6. The Morgan fingerprint density at radius 3 is 2.52 bits per heavy atom. The van der Waals surface area contributed by atoms with E-state index in [0.717, 1.165) is 0 Å². The molecule has 1 fully saturated rings. The molecule has 2 heterocycles. The molecule has 1 atom stereocenters. The second-order valence-corrected chi connectivity index (χ2v) is 8.21. The van der Waals surface area contributed by atoms with Gasteiger partial charge in [0, 0.05) is 5.56 Å². The summed E-state index contributed by atoms with van der Waals surface area (Å²) in [5, 5.41) is 2.73. The topological polar surface area (TPSA) is 76.4 Å². The van der Waals surface area contributed by atoms with E-state index in [9.17, 15) is 17.6 Å².